The summed E-state index contributed by atoms with van der Waals surface area (Å²) in [5, 5.41) is 1.76. The quantitative estimate of drug-likeness (QED) is 0.752. The van der Waals surface area contributed by atoms with Crippen molar-refractivity contribution in [2.75, 3.05) is 0 Å². The fraction of sp³-hybridized carbons (Fsp3) is 0.0667. The smallest absolute Gasteiger partial charge is 0.163 e. The van der Waals surface area contributed by atoms with E-state index in [1.165, 1.54) is 0 Å². The Morgan fingerprint density at radius 1 is 0.824 bits per heavy atom. The van der Waals surface area contributed by atoms with Crippen molar-refractivity contribution in [3.8, 4) is 0 Å². The first-order valence-electron chi connectivity index (χ1n) is 5.62. The Morgan fingerprint density at radius 3 is 1.59 bits per heavy atom. The van der Waals surface area contributed by atoms with Gasteiger partial charge in [0.25, 0.3) is 0 Å². The van der Waals surface area contributed by atoms with E-state index in [1.807, 2.05) is 79.5 Å². The fourth-order valence-corrected chi connectivity index (χ4v) is 4.12. The summed E-state index contributed by atoms with van der Waals surface area (Å²) in [4.78, 5) is 0. The van der Waals surface area contributed by atoms with Crippen LogP contribution in [0.25, 0.3) is 0 Å². The van der Waals surface area contributed by atoms with Crippen LogP contribution in [0.2, 0.25) is 0 Å². The van der Waals surface area contributed by atoms with E-state index in [0.717, 1.165) is 10.6 Å². The van der Waals surface area contributed by atoms with E-state index in [0.29, 0.717) is 0 Å². The van der Waals surface area contributed by atoms with Gasteiger partial charge in [0.05, 0.1) is 0 Å². The zero-order valence-corrected chi connectivity index (χ0v) is 10.7. The van der Waals surface area contributed by atoms with Crippen LogP contribution < -0.4 is 10.6 Å². The lowest BCUT2D eigenvalue weighted by atomic mass is 10.4. The molecule has 0 aliphatic carbocycles. The molecule has 86 valence electrons. The van der Waals surface area contributed by atoms with Crippen molar-refractivity contribution in [1.82, 2.24) is 0 Å². The van der Waals surface area contributed by atoms with E-state index < -0.39 is 7.14 Å². The summed E-state index contributed by atoms with van der Waals surface area (Å²) in [5.74, 6) is 1.82. The van der Waals surface area contributed by atoms with Crippen molar-refractivity contribution in [3.05, 3.63) is 72.6 Å². The van der Waals surface area contributed by atoms with E-state index >= 15 is 0 Å². The molecule has 17 heavy (non-hydrogen) atoms. The number of allylic oxidation sites excluding steroid dienone is 1. The molecule has 0 heterocycles. The largest absolute Gasteiger partial charge is 0.309 e. The topological polar surface area (TPSA) is 17.1 Å². The molecule has 0 aromatic heterocycles. The highest BCUT2D eigenvalue weighted by molar-refractivity contribution is 7.81. The zero-order chi connectivity index (χ0) is 12.1. The maximum atomic E-state index is 13.1. The van der Waals surface area contributed by atoms with Gasteiger partial charge in [0.2, 0.25) is 0 Å². The Labute approximate surface area is 102 Å². The Kier molecular flexibility index (Phi) is 3.61. The summed E-state index contributed by atoms with van der Waals surface area (Å²) in [5.41, 5.74) is 0. The SMILES string of the molecule is C/C=C/P(=O)(c1ccccc1)c1ccccc1. The van der Waals surface area contributed by atoms with Gasteiger partial charge >= 0.3 is 0 Å². The summed E-state index contributed by atoms with van der Waals surface area (Å²) in [7, 11) is -2.60. The minimum Gasteiger partial charge on any atom is -0.309 e. The lowest BCUT2D eigenvalue weighted by molar-refractivity contribution is 0.592. The molecule has 0 saturated carbocycles. The van der Waals surface area contributed by atoms with Crippen LogP contribution in [0, 0.1) is 0 Å². The third kappa shape index (κ3) is 2.40. The van der Waals surface area contributed by atoms with Gasteiger partial charge in [-0.3, -0.25) is 0 Å². The average molecular weight is 242 g/mol. The van der Waals surface area contributed by atoms with Crippen molar-refractivity contribution in [1.29, 1.82) is 0 Å². The molecule has 2 aromatic rings. The van der Waals surface area contributed by atoms with Gasteiger partial charge in [0.1, 0.15) is 0 Å². The Bertz CT molecular complexity index is 500. The van der Waals surface area contributed by atoms with Crippen molar-refractivity contribution in [2.45, 2.75) is 6.92 Å². The maximum Gasteiger partial charge on any atom is 0.163 e. The number of benzene rings is 2. The van der Waals surface area contributed by atoms with Crippen LogP contribution in [-0.2, 0) is 4.57 Å². The predicted molar refractivity (Wildman–Crippen MR) is 74.6 cm³/mol. The molecule has 2 rings (SSSR count). The molecule has 0 bridgehead atoms. The molecule has 0 radical (unpaired) electrons. The Hall–Kier alpha value is -1.59. The molecule has 0 fully saturated rings. The van der Waals surface area contributed by atoms with Crippen molar-refractivity contribution < 1.29 is 4.57 Å². The summed E-state index contributed by atoms with van der Waals surface area (Å²) in [6, 6.07) is 19.3. The summed E-state index contributed by atoms with van der Waals surface area (Å²) >= 11 is 0. The van der Waals surface area contributed by atoms with Gasteiger partial charge in [-0.15, -0.1) is 0 Å². The second-order valence-electron chi connectivity index (χ2n) is 3.81. The standard InChI is InChI=1S/C15H15OP/c1-2-13-17(16,14-9-5-3-6-10-14)15-11-7-4-8-12-15/h2-13H,1H3/b13-2+. The molecular formula is C15H15OP. The first-order valence-corrected chi connectivity index (χ1v) is 7.40. The van der Waals surface area contributed by atoms with Crippen molar-refractivity contribution in [2.24, 2.45) is 0 Å². The number of hydrogen-bond donors (Lipinski definition) is 0. The summed E-state index contributed by atoms with van der Waals surface area (Å²) in [6.45, 7) is 1.90. The minimum absolute atomic E-state index is 0.879. The molecule has 0 amide bonds. The van der Waals surface area contributed by atoms with Gasteiger partial charge in [0, 0.05) is 10.6 Å². The van der Waals surface area contributed by atoms with Gasteiger partial charge in [-0.2, -0.15) is 0 Å². The van der Waals surface area contributed by atoms with E-state index in [2.05, 4.69) is 0 Å². The monoisotopic (exact) mass is 242 g/mol. The van der Waals surface area contributed by atoms with Crippen molar-refractivity contribution in [3.63, 3.8) is 0 Å². The van der Waals surface area contributed by atoms with Crippen LogP contribution in [0.15, 0.2) is 72.6 Å². The molecule has 0 saturated heterocycles. The first kappa shape index (κ1) is 11.9. The van der Waals surface area contributed by atoms with E-state index in [-0.39, 0.29) is 0 Å². The molecule has 0 N–H and O–H groups in total. The third-order valence-electron chi connectivity index (χ3n) is 2.64. The van der Waals surface area contributed by atoms with E-state index in [4.69, 9.17) is 0 Å². The maximum absolute atomic E-state index is 13.1. The van der Waals surface area contributed by atoms with Gasteiger partial charge in [-0.25, -0.2) is 0 Å². The van der Waals surface area contributed by atoms with Gasteiger partial charge in [-0.05, 0) is 12.7 Å². The van der Waals surface area contributed by atoms with Crippen LogP contribution >= 0.6 is 7.14 Å². The molecule has 0 spiro atoms. The average Bonchev–Trinajstić information content (AvgIpc) is 2.41. The lowest BCUT2D eigenvalue weighted by Gasteiger charge is -2.14. The molecule has 0 atom stereocenters. The second kappa shape index (κ2) is 5.16. The molecule has 0 unspecified atom stereocenters. The van der Waals surface area contributed by atoms with E-state index in [1.54, 1.807) is 0 Å². The lowest BCUT2D eigenvalue weighted by Crippen LogP contribution is -2.13. The Morgan fingerprint density at radius 2 is 1.24 bits per heavy atom. The summed E-state index contributed by atoms with van der Waals surface area (Å²) < 4.78 is 13.1. The van der Waals surface area contributed by atoms with Crippen LogP contribution in [0.4, 0.5) is 0 Å². The Balaban J connectivity index is 2.60. The summed E-state index contributed by atoms with van der Waals surface area (Å²) in [6.07, 6.45) is 1.86. The van der Waals surface area contributed by atoms with Crippen LogP contribution in [-0.4, -0.2) is 0 Å². The molecule has 2 aromatic carbocycles. The normalized spacial score (nSPS) is 11.8. The van der Waals surface area contributed by atoms with Crippen molar-refractivity contribution >= 4 is 17.8 Å². The number of rotatable bonds is 3. The van der Waals surface area contributed by atoms with Crippen LogP contribution in [0.5, 0.6) is 0 Å². The van der Waals surface area contributed by atoms with Gasteiger partial charge in [-0.1, -0.05) is 66.7 Å². The van der Waals surface area contributed by atoms with Gasteiger partial charge < -0.3 is 4.57 Å². The van der Waals surface area contributed by atoms with Gasteiger partial charge in [0.15, 0.2) is 7.14 Å². The highest BCUT2D eigenvalue weighted by atomic mass is 31.2. The highest BCUT2D eigenvalue weighted by Crippen LogP contribution is 2.44. The second-order valence-corrected chi connectivity index (χ2v) is 6.46. The predicted octanol–water partition coefficient (Wildman–Crippen LogP) is 3.53. The number of hydrogen-bond acceptors (Lipinski definition) is 1. The minimum atomic E-state index is -2.60. The molecule has 2 heteroatoms. The fourth-order valence-electron chi connectivity index (χ4n) is 1.83. The zero-order valence-electron chi connectivity index (χ0n) is 9.78. The molecule has 0 aliphatic rings. The molecular weight excluding hydrogens is 227 g/mol. The molecule has 1 nitrogen and oxygen atoms in total. The van der Waals surface area contributed by atoms with Crippen LogP contribution in [0.3, 0.4) is 0 Å². The molecule has 0 aliphatic heterocycles. The first-order chi connectivity index (χ1) is 8.27. The third-order valence-corrected chi connectivity index (χ3v) is 5.49. The highest BCUT2D eigenvalue weighted by Gasteiger charge is 2.22. The van der Waals surface area contributed by atoms with E-state index in [9.17, 15) is 4.57 Å². The van der Waals surface area contributed by atoms with Crippen LogP contribution in [0.1, 0.15) is 6.92 Å².